The molecule has 0 amide bonds. The molecule has 0 unspecified atom stereocenters. The fraction of sp³-hybridized carbons (Fsp3) is 0.625. The van der Waals surface area contributed by atoms with Crippen molar-refractivity contribution in [2.75, 3.05) is 18.1 Å². The molecule has 0 saturated heterocycles. The van der Waals surface area contributed by atoms with Crippen LogP contribution in [0.25, 0.3) is 0 Å². The van der Waals surface area contributed by atoms with Gasteiger partial charge in [-0.3, -0.25) is 0 Å². The number of thioether (sulfide) groups is 1. The van der Waals surface area contributed by atoms with Crippen molar-refractivity contribution in [1.82, 2.24) is 4.98 Å². The summed E-state index contributed by atoms with van der Waals surface area (Å²) in [4.78, 5) is 4.18. The summed E-state index contributed by atoms with van der Waals surface area (Å²) in [6.45, 7) is 1.07. The normalized spacial score (nSPS) is 19.1. The molecule has 1 N–H and O–H groups in total. The molecule has 1 aromatic rings. The van der Waals surface area contributed by atoms with E-state index in [1.165, 1.54) is 12.8 Å². The smallest absolute Gasteiger partial charge is 0.182 e. The molecule has 1 aliphatic carbocycles. The van der Waals surface area contributed by atoms with Crippen molar-refractivity contribution in [2.45, 2.75) is 17.6 Å². The summed E-state index contributed by atoms with van der Waals surface area (Å²) in [5, 5.41) is 6.42. The molecule has 0 bridgehead atoms. The average molecular weight is 200 g/mol. The Morgan fingerprint density at radius 2 is 2.58 bits per heavy atom. The summed E-state index contributed by atoms with van der Waals surface area (Å²) in [5.74, 6) is 0. The number of aromatic nitrogens is 1. The highest BCUT2D eigenvalue weighted by atomic mass is 32.2. The van der Waals surface area contributed by atoms with E-state index in [0.717, 1.165) is 11.7 Å². The van der Waals surface area contributed by atoms with E-state index in [1.54, 1.807) is 11.3 Å². The van der Waals surface area contributed by atoms with Crippen molar-refractivity contribution in [2.24, 2.45) is 0 Å². The average Bonchev–Trinajstić information content (AvgIpc) is 2.70. The van der Waals surface area contributed by atoms with Crippen molar-refractivity contribution in [3.05, 3.63) is 11.6 Å². The number of hydrogen-bond donors (Lipinski definition) is 1. The van der Waals surface area contributed by atoms with Crippen molar-refractivity contribution < 1.29 is 0 Å². The summed E-state index contributed by atoms with van der Waals surface area (Å²) >= 11 is 3.64. The number of nitrogens with one attached hydrogen (secondary N) is 1. The Morgan fingerprint density at radius 1 is 1.75 bits per heavy atom. The molecular weight excluding hydrogens is 188 g/mol. The van der Waals surface area contributed by atoms with Crippen LogP contribution in [0, 0.1) is 0 Å². The monoisotopic (exact) mass is 200 g/mol. The van der Waals surface area contributed by atoms with Crippen LogP contribution in [0.2, 0.25) is 0 Å². The standard InChI is InChI=1S/C8H12N2S2/c1-11-8(2-3-8)6-10-7-9-4-5-12-7/h4-5H,2-3,6H2,1H3,(H,9,10). The molecule has 1 saturated carbocycles. The Hall–Kier alpha value is -0.220. The van der Waals surface area contributed by atoms with Crippen LogP contribution in [-0.4, -0.2) is 22.5 Å². The van der Waals surface area contributed by atoms with E-state index < -0.39 is 0 Å². The first-order valence-corrected chi connectivity index (χ1v) is 6.14. The topological polar surface area (TPSA) is 24.9 Å². The van der Waals surface area contributed by atoms with Crippen molar-refractivity contribution in [3.8, 4) is 0 Å². The Morgan fingerprint density at radius 3 is 3.08 bits per heavy atom. The zero-order chi connectivity index (χ0) is 8.44. The van der Waals surface area contributed by atoms with Crippen LogP contribution in [-0.2, 0) is 0 Å². The highest BCUT2D eigenvalue weighted by Crippen LogP contribution is 2.47. The fourth-order valence-electron chi connectivity index (χ4n) is 1.14. The second-order valence-corrected chi connectivity index (χ2v) is 5.25. The Balaban J connectivity index is 1.83. The maximum atomic E-state index is 4.18. The third kappa shape index (κ3) is 1.75. The molecule has 0 aliphatic heterocycles. The zero-order valence-electron chi connectivity index (χ0n) is 7.04. The van der Waals surface area contributed by atoms with E-state index in [0.29, 0.717) is 4.75 Å². The van der Waals surface area contributed by atoms with Gasteiger partial charge in [0.25, 0.3) is 0 Å². The summed E-state index contributed by atoms with van der Waals surface area (Å²) in [6, 6.07) is 0. The second-order valence-electron chi connectivity index (χ2n) is 3.08. The minimum atomic E-state index is 0.533. The molecule has 1 aliphatic rings. The predicted molar refractivity (Wildman–Crippen MR) is 56.1 cm³/mol. The maximum Gasteiger partial charge on any atom is 0.182 e. The maximum absolute atomic E-state index is 4.18. The summed E-state index contributed by atoms with van der Waals surface area (Å²) in [5.41, 5.74) is 0. The summed E-state index contributed by atoms with van der Waals surface area (Å²) in [6.07, 6.45) is 6.74. The molecule has 2 rings (SSSR count). The van der Waals surface area contributed by atoms with Gasteiger partial charge in [0.2, 0.25) is 0 Å². The first-order valence-electron chi connectivity index (χ1n) is 4.03. The van der Waals surface area contributed by atoms with Crippen LogP contribution in [0.4, 0.5) is 5.13 Å². The Bertz CT molecular complexity index is 242. The van der Waals surface area contributed by atoms with Crippen LogP contribution in [0.1, 0.15) is 12.8 Å². The SMILES string of the molecule is CSC1(CNc2nccs2)CC1. The highest BCUT2D eigenvalue weighted by Gasteiger charge is 2.41. The molecule has 1 aromatic heterocycles. The molecule has 0 aromatic carbocycles. The minimum absolute atomic E-state index is 0.533. The van der Waals surface area contributed by atoms with Gasteiger partial charge in [-0.1, -0.05) is 0 Å². The minimum Gasteiger partial charge on any atom is -0.360 e. The lowest BCUT2D eigenvalue weighted by Gasteiger charge is -2.11. The van der Waals surface area contributed by atoms with Gasteiger partial charge in [-0.2, -0.15) is 11.8 Å². The lowest BCUT2D eigenvalue weighted by Crippen LogP contribution is -2.17. The summed E-state index contributed by atoms with van der Waals surface area (Å²) < 4.78 is 0.533. The van der Waals surface area contributed by atoms with Crippen LogP contribution >= 0.6 is 23.1 Å². The Labute approximate surface area is 80.8 Å². The number of nitrogens with zero attached hydrogens (tertiary/aromatic N) is 1. The van der Waals surface area contributed by atoms with Crippen molar-refractivity contribution in [1.29, 1.82) is 0 Å². The second kappa shape index (κ2) is 3.26. The number of rotatable bonds is 4. The molecule has 0 spiro atoms. The van der Waals surface area contributed by atoms with Gasteiger partial charge in [0.15, 0.2) is 5.13 Å². The molecular formula is C8H12N2S2. The Kier molecular flexibility index (Phi) is 2.28. The largest absolute Gasteiger partial charge is 0.360 e. The van der Waals surface area contributed by atoms with E-state index >= 15 is 0 Å². The van der Waals surface area contributed by atoms with E-state index in [4.69, 9.17) is 0 Å². The van der Waals surface area contributed by atoms with E-state index in [-0.39, 0.29) is 0 Å². The van der Waals surface area contributed by atoms with E-state index in [9.17, 15) is 0 Å². The zero-order valence-corrected chi connectivity index (χ0v) is 8.67. The van der Waals surface area contributed by atoms with Crippen LogP contribution in [0.15, 0.2) is 11.6 Å². The molecule has 1 fully saturated rings. The number of hydrogen-bond acceptors (Lipinski definition) is 4. The molecule has 12 heavy (non-hydrogen) atoms. The van der Waals surface area contributed by atoms with E-state index in [1.807, 2.05) is 23.3 Å². The van der Waals surface area contributed by atoms with Gasteiger partial charge in [0.05, 0.1) is 0 Å². The third-order valence-electron chi connectivity index (χ3n) is 2.23. The predicted octanol–water partition coefficient (Wildman–Crippen LogP) is 2.45. The number of anilines is 1. The van der Waals surface area contributed by atoms with Gasteiger partial charge in [-0.15, -0.1) is 11.3 Å². The van der Waals surface area contributed by atoms with Gasteiger partial charge in [0.1, 0.15) is 0 Å². The van der Waals surface area contributed by atoms with Gasteiger partial charge in [-0.25, -0.2) is 4.98 Å². The van der Waals surface area contributed by atoms with Crippen LogP contribution in [0.3, 0.4) is 0 Å². The number of thiazole rings is 1. The first-order chi connectivity index (χ1) is 5.85. The van der Waals surface area contributed by atoms with Gasteiger partial charge in [-0.05, 0) is 19.1 Å². The van der Waals surface area contributed by atoms with Crippen LogP contribution in [0.5, 0.6) is 0 Å². The molecule has 2 nitrogen and oxygen atoms in total. The van der Waals surface area contributed by atoms with Gasteiger partial charge < -0.3 is 5.32 Å². The molecule has 4 heteroatoms. The highest BCUT2D eigenvalue weighted by molar-refractivity contribution is 8.00. The van der Waals surface area contributed by atoms with Crippen molar-refractivity contribution in [3.63, 3.8) is 0 Å². The summed E-state index contributed by atoms with van der Waals surface area (Å²) in [7, 11) is 0. The van der Waals surface area contributed by atoms with E-state index in [2.05, 4.69) is 16.6 Å². The van der Waals surface area contributed by atoms with Gasteiger partial charge in [0, 0.05) is 22.9 Å². The molecule has 0 atom stereocenters. The lowest BCUT2D eigenvalue weighted by molar-refractivity contribution is 0.946. The van der Waals surface area contributed by atoms with Crippen molar-refractivity contribution >= 4 is 28.2 Å². The molecule has 0 radical (unpaired) electrons. The quantitative estimate of drug-likeness (QED) is 0.808. The van der Waals surface area contributed by atoms with Gasteiger partial charge >= 0.3 is 0 Å². The third-order valence-corrected chi connectivity index (χ3v) is 4.38. The molecule has 66 valence electrons. The lowest BCUT2D eigenvalue weighted by atomic mass is 10.4. The van der Waals surface area contributed by atoms with Crippen LogP contribution < -0.4 is 5.32 Å². The fourth-order valence-corrected chi connectivity index (χ4v) is 2.39. The molecule has 1 heterocycles. The first kappa shape index (κ1) is 8.38.